The fourth-order valence-corrected chi connectivity index (χ4v) is 3.47. The predicted octanol–water partition coefficient (Wildman–Crippen LogP) is -9.93. The molecule has 0 aromatic heterocycles. The summed E-state index contributed by atoms with van der Waals surface area (Å²) in [7, 11) is 6.83. The first kappa shape index (κ1) is 30.8. The van der Waals surface area contributed by atoms with Crippen molar-refractivity contribution >= 4 is 0 Å². The summed E-state index contributed by atoms with van der Waals surface area (Å²) < 4.78 is 0. The summed E-state index contributed by atoms with van der Waals surface area (Å²) in [6, 6.07) is 0. The van der Waals surface area contributed by atoms with Gasteiger partial charge in [0.1, 0.15) is 0 Å². The molecule has 0 spiro atoms. The van der Waals surface area contributed by atoms with E-state index in [9.17, 15) is 0 Å². The van der Waals surface area contributed by atoms with Gasteiger partial charge in [-0.3, -0.25) is 0 Å². The van der Waals surface area contributed by atoms with E-state index in [0.29, 0.717) is 0 Å². The molecule has 3 heterocycles. The Morgan fingerprint density at radius 2 is 0.500 bits per heavy atom. The number of quaternary nitrogens is 3. The van der Waals surface area contributed by atoms with Crippen LogP contribution < -0.4 is 86.6 Å². The van der Waals surface area contributed by atoms with E-state index >= 15 is 0 Å². The molecule has 0 radical (unpaired) electrons. The highest BCUT2D eigenvalue weighted by Crippen LogP contribution is 1.94. The molecule has 150 valence electrons. The third kappa shape index (κ3) is 18.8. The topological polar surface area (TPSA) is 13.3 Å². The molecular weight excluding hydrogens is 639 g/mol. The molecule has 3 saturated heterocycles. The molecule has 6 heteroatoms. The lowest BCUT2D eigenvalue weighted by molar-refractivity contribution is -0.884. The largest absolute Gasteiger partial charge is 1.00 e. The zero-order valence-electron chi connectivity index (χ0n) is 16.2. The number of rotatable bonds is 0. The third-order valence-electron chi connectivity index (χ3n) is 5.12. The maximum absolute atomic E-state index is 2.28. The minimum Gasteiger partial charge on any atom is -1.00 e. The molecule has 3 rings (SSSR count). The van der Waals surface area contributed by atoms with Gasteiger partial charge in [0, 0.05) is 0 Å². The predicted molar refractivity (Wildman–Crippen MR) is 91.4 cm³/mol. The molecule has 0 atom stereocenters. The molecule has 3 N–H and O–H groups in total. The zero-order chi connectivity index (χ0) is 15.3. The van der Waals surface area contributed by atoms with E-state index in [1.807, 2.05) is 0 Å². The van der Waals surface area contributed by atoms with Crippen LogP contribution in [0.4, 0.5) is 0 Å². The highest BCUT2D eigenvalue weighted by molar-refractivity contribution is 4.44. The minimum absolute atomic E-state index is 0. The number of likely N-dealkylation sites (tertiary alicyclic amines) is 3. The van der Waals surface area contributed by atoms with Gasteiger partial charge in [-0.15, -0.1) is 0 Å². The summed E-state index contributed by atoms with van der Waals surface area (Å²) >= 11 is 0. The van der Waals surface area contributed by atoms with Gasteiger partial charge >= 0.3 is 0 Å². The van der Waals surface area contributed by atoms with Crippen molar-refractivity contribution in [3.63, 3.8) is 0 Å². The van der Waals surface area contributed by atoms with E-state index in [1.54, 1.807) is 14.7 Å². The van der Waals surface area contributed by atoms with Gasteiger partial charge in [0.05, 0.1) is 60.4 Å². The van der Waals surface area contributed by atoms with Crippen molar-refractivity contribution < 1.29 is 86.6 Å². The normalized spacial score (nSPS) is 22.1. The van der Waals surface area contributed by atoms with Crippen LogP contribution in [0.3, 0.4) is 0 Å². The van der Waals surface area contributed by atoms with Gasteiger partial charge in [0.2, 0.25) is 0 Å². The van der Waals surface area contributed by atoms with Crippen molar-refractivity contribution in [3.8, 4) is 0 Å². The van der Waals surface area contributed by atoms with Crippen molar-refractivity contribution in [3.05, 3.63) is 0 Å². The fraction of sp³-hybridized carbons (Fsp3) is 1.00. The molecular formula is C18H42I3N3. The summed E-state index contributed by atoms with van der Waals surface area (Å²) in [5.74, 6) is 0. The maximum atomic E-state index is 2.28. The Morgan fingerprint density at radius 1 is 0.333 bits per heavy atom. The van der Waals surface area contributed by atoms with Gasteiger partial charge in [-0.05, 0) is 57.8 Å². The van der Waals surface area contributed by atoms with Crippen LogP contribution in [0, 0.1) is 0 Å². The Kier molecular flexibility index (Phi) is 27.4. The molecule has 3 aliphatic heterocycles. The number of nitrogens with one attached hydrogen (secondary N) is 3. The van der Waals surface area contributed by atoms with E-state index in [4.69, 9.17) is 0 Å². The van der Waals surface area contributed by atoms with Gasteiger partial charge in [-0.2, -0.15) is 0 Å². The molecule has 0 unspecified atom stereocenters. The van der Waals surface area contributed by atoms with E-state index in [-0.39, 0.29) is 71.9 Å². The van der Waals surface area contributed by atoms with Crippen LogP contribution in [0.2, 0.25) is 0 Å². The van der Waals surface area contributed by atoms with E-state index in [1.165, 1.54) is 97.1 Å². The summed E-state index contributed by atoms with van der Waals surface area (Å²) in [6.45, 7) is 8.42. The van der Waals surface area contributed by atoms with Crippen molar-refractivity contribution in [2.45, 2.75) is 57.8 Å². The molecule has 0 aromatic rings. The molecule has 0 amide bonds. The molecule has 3 fully saturated rings. The summed E-state index contributed by atoms with van der Waals surface area (Å²) in [5.41, 5.74) is 0. The van der Waals surface area contributed by atoms with Crippen molar-refractivity contribution in [2.24, 2.45) is 0 Å². The van der Waals surface area contributed by atoms with Crippen LogP contribution in [-0.4, -0.2) is 60.4 Å². The Labute approximate surface area is 203 Å². The Bertz CT molecular complexity index is 190. The lowest BCUT2D eigenvalue weighted by Crippen LogP contribution is -3.09. The zero-order valence-corrected chi connectivity index (χ0v) is 22.7. The van der Waals surface area contributed by atoms with E-state index in [0.717, 1.165) is 0 Å². The number of piperidine rings is 3. The van der Waals surface area contributed by atoms with Crippen molar-refractivity contribution in [2.75, 3.05) is 60.4 Å². The second-order valence-corrected chi connectivity index (χ2v) is 7.55. The average molecular weight is 681 g/mol. The van der Waals surface area contributed by atoms with Crippen LogP contribution in [0.1, 0.15) is 57.8 Å². The summed E-state index contributed by atoms with van der Waals surface area (Å²) in [6.07, 6.45) is 13.1. The molecule has 0 bridgehead atoms. The highest BCUT2D eigenvalue weighted by atomic mass is 127. The Hall–Kier alpha value is 2.07. The Morgan fingerprint density at radius 3 is 0.583 bits per heavy atom. The van der Waals surface area contributed by atoms with Crippen LogP contribution in [0.15, 0.2) is 0 Å². The lowest BCUT2D eigenvalue weighted by Gasteiger charge is -2.17. The SMILES string of the molecule is C[NH+]1CCCCC1.C[NH+]1CCCCC1.C[NH+]1CCCCC1.[I-].[I-].[I-]. The first-order valence-corrected chi connectivity index (χ1v) is 9.62. The van der Waals surface area contributed by atoms with Crippen LogP contribution >= 0.6 is 0 Å². The second-order valence-electron chi connectivity index (χ2n) is 7.55. The van der Waals surface area contributed by atoms with Gasteiger partial charge in [0.15, 0.2) is 0 Å². The van der Waals surface area contributed by atoms with Gasteiger partial charge < -0.3 is 86.6 Å². The number of hydrogen-bond acceptors (Lipinski definition) is 0. The number of halogens is 3. The van der Waals surface area contributed by atoms with Gasteiger partial charge in [-0.25, -0.2) is 0 Å². The van der Waals surface area contributed by atoms with Crippen LogP contribution in [-0.2, 0) is 0 Å². The minimum atomic E-state index is 0. The van der Waals surface area contributed by atoms with E-state index < -0.39 is 0 Å². The highest BCUT2D eigenvalue weighted by Gasteiger charge is 2.07. The molecule has 0 saturated carbocycles. The summed E-state index contributed by atoms with van der Waals surface area (Å²) in [4.78, 5) is 5.14. The monoisotopic (exact) mass is 681 g/mol. The van der Waals surface area contributed by atoms with Crippen molar-refractivity contribution in [1.82, 2.24) is 0 Å². The standard InChI is InChI=1S/3C6H13N.3HI/c3*1-7-5-3-2-4-6-7;;;/h3*2-6H2,1H3;3*1H. The smallest absolute Gasteiger partial charge is 0.0768 e. The molecule has 3 nitrogen and oxygen atoms in total. The first-order chi connectivity index (χ1) is 10.2. The third-order valence-corrected chi connectivity index (χ3v) is 5.12. The molecule has 0 aromatic carbocycles. The fourth-order valence-electron chi connectivity index (χ4n) is 3.47. The number of hydrogen-bond donors (Lipinski definition) is 3. The molecule has 0 aliphatic carbocycles. The van der Waals surface area contributed by atoms with E-state index in [2.05, 4.69) is 21.1 Å². The Balaban J connectivity index is -0.000000259. The quantitative estimate of drug-likeness (QED) is 0.211. The maximum Gasteiger partial charge on any atom is 0.0768 e. The van der Waals surface area contributed by atoms with Gasteiger partial charge in [0.25, 0.3) is 0 Å². The molecule has 3 aliphatic rings. The van der Waals surface area contributed by atoms with Crippen LogP contribution in [0.25, 0.3) is 0 Å². The van der Waals surface area contributed by atoms with Gasteiger partial charge in [-0.1, -0.05) is 0 Å². The van der Waals surface area contributed by atoms with Crippen LogP contribution in [0.5, 0.6) is 0 Å². The second kappa shape index (κ2) is 21.4. The first-order valence-electron chi connectivity index (χ1n) is 9.62. The summed E-state index contributed by atoms with van der Waals surface area (Å²) in [5, 5.41) is 0. The van der Waals surface area contributed by atoms with Crippen molar-refractivity contribution in [1.29, 1.82) is 0 Å². The average Bonchev–Trinajstić information content (AvgIpc) is 2.51. The molecule has 24 heavy (non-hydrogen) atoms. The lowest BCUT2D eigenvalue weighted by atomic mass is 10.1.